The van der Waals surface area contributed by atoms with Gasteiger partial charge in [0, 0.05) is 37.4 Å². The molecular formula is C22H25N5O2S. The number of aryl methyl sites for hydroxylation is 1. The molecule has 1 aromatic heterocycles. The van der Waals surface area contributed by atoms with Crippen LogP contribution in [0.3, 0.4) is 0 Å². The summed E-state index contributed by atoms with van der Waals surface area (Å²) in [6.45, 7) is 6.33. The highest BCUT2D eigenvalue weighted by Crippen LogP contribution is 2.18. The van der Waals surface area contributed by atoms with E-state index in [9.17, 15) is 4.79 Å². The van der Waals surface area contributed by atoms with Crippen LogP contribution in [0, 0.1) is 11.8 Å². The van der Waals surface area contributed by atoms with Crippen LogP contribution in [-0.2, 0) is 11.5 Å². The highest BCUT2D eigenvalue weighted by atomic mass is 32.1. The first kappa shape index (κ1) is 20.5. The molecule has 0 aliphatic carbocycles. The van der Waals surface area contributed by atoms with Crippen molar-refractivity contribution < 1.29 is 9.21 Å². The highest BCUT2D eigenvalue weighted by molar-refractivity contribution is 7.71. The maximum Gasteiger partial charge on any atom is 0.288 e. The molecule has 0 radical (unpaired) electrons. The Kier molecular flexibility index (Phi) is 6.37. The first-order valence-electron chi connectivity index (χ1n) is 10.0. The van der Waals surface area contributed by atoms with E-state index >= 15 is 0 Å². The molecule has 0 bridgehead atoms. The summed E-state index contributed by atoms with van der Waals surface area (Å²) in [7, 11) is 0. The summed E-state index contributed by atoms with van der Waals surface area (Å²) in [6.07, 6.45) is 0. The van der Waals surface area contributed by atoms with E-state index in [0.29, 0.717) is 23.9 Å². The number of carbonyl (C=O) groups excluding carboxylic acids is 1. The molecule has 1 fully saturated rings. The molecule has 2 aromatic carbocycles. The third kappa shape index (κ3) is 5.21. The number of anilines is 1. The Balaban J connectivity index is 1.28. The van der Waals surface area contributed by atoms with E-state index in [1.165, 1.54) is 5.56 Å². The van der Waals surface area contributed by atoms with Crippen molar-refractivity contribution in [3.63, 3.8) is 0 Å². The number of hydrogen-bond acceptors (Lipinski definition) is 6. The first-order valence-corrected chi connectivity index (χ1v) is 10.4. The van der Waals surface area contributed by atoms with Gasteiger partial charge in [-0.2, -0.15) is 0 Å². The van der Waals surface area contributed by atoms with Crippen molar-refractivity contribution in [2.24, 2.45) is 0 Å². The second-order valence-corrected chi connectivity index (χ2v) is 7.84. The predicted octanol–water partition coefficient (Wildman–Crippen LogP) is 3.39. The van der Waals surface area contributed by atoms with Crippen molar-refractivity contribution in [3.8, 4) is 11.5 Å². The molecule has 156 valence electrons. The molecule has 4 rings (SSSR count). The molecule has 1 N–H and O–H groups in total. The van der Waals surface area contributed by atoms with E-state index in [2.05, 4.69) is 20.2 Å². The van der Waals surface area contributed by atoms with Crippen LogP contribution in [0.4, 0.5) is 5.69 Å². The lowest BCUT2D eigenvalue weighted by Crippen LogP contribution is -2.48. The second kappa shape index (κ2) is 9.34. The lowest BCUT2D eigenvalue weighted by atomic mass is 10.1. The van der Waals surface area contributed by atoms with E-state index in [-0.39, 0.29) is 5.91 Å². The fraction of sp³-hybridized carbons (Fsp3) is 0.318. The Labute approximate surface area is 180 Å². The molecule has 0 spiro atoms. The average molecular weight is 424 g/mol. The van der Waals surface area contributed by atoms with Gasteiger partial charge in [0.1, 0.15) is 0 Å². The van der Waals surface area contributed by atoms with Crippen molar-refractivity contribution in [2.45, 2.75) is 13.6 Å². The number of nitrogens with zero attached hydrogens (tertiary/aromatic N) is 4. The molecule has 3 aromatic rings. The Morgan fingerprint density at radius 2 is 1.70 bits per heavy atom. The molecular weight excluding hydrogens is 398 g/mol. The largest absolute Gasteiger partial charge is 0.409 e. The van der Waals surface area contributed by atoms with Crippen LogP contribution in [0.15, 0.2) is 59.0 Å². The van der Waals surface area contributed by atoms with E-state index in [4.69, 9.17) is 16.6 Å². The maximum absolute atomic E-state index is 12.2. The third-order valence-corrected chi connectivity index (χ3v) is 5.42. The lowest BCUT2D eigenvalue weighted by molar-refractivity contribution is -0.117. The molecule has 0 saturated carbocycles. The summed E-state index contributed by atoms with van der Waals surface area (Å²) in [6, 6.07) is 17.6. The van der Waals surface area contributed by atoms with Gasteiger partial charge >= 0.3 is 0 Å². The van der Waals surface area contributed by atoms with E-state index in [1.807, 2.05) is 61.5 Å². The van der Waals surface area contributed by atoms with Gasteiger partial charge in [0.15, 0.2) is 0 Å². The lowest BCUT2D eigenvalue weighted by Gasteiger charge is -2.33. The van der Waals surface area contributed by atoms with Gasteiger partial charge in [-0.1, -0.05) is 35.9 Å². The van der Waals surface area contributed by atoms with Crippen molar-refractivity contribution in [3.05, 3.63) is 65.0 Å². The second-order valence-electron chi connectivity index (χ2n) is 7.49. The fourth-order valence-electron chi connectivity index (χ4n) is 3.41. The minimum atomic E-state index is 0.0103. The number of nitrogens with one attached hydrogen (secondary N) is 1. The Morgan fingerprint density at radius 3 is 2.40 bits per heavy atom. The highest BCUT2D eigenvalue weighted by Gasteiger charge is 2.20. The number of hydrogen-bond donors (Lipinski definition) is 1. The molecule has 1 saturated heterocycles. The van der Waals surface area contributed by atoms with Crippen LogP contribution in [0.2, 0.25) is 0 Å². The van der Waals surface area contributed by atoms with Gasteiger partial charge in [-0.15, -0.1) is 5.10 Å². The number of piperazine rings is 1. The summed E-state index contributed by atoms with van der Waals surface area (Å²) in [5, 5.41) is 7.48. The van der Waals surface area contributed by atoms with E-state index < -0.39 is 0 Å². The van der Waals surface area contributed by atoms with Crippen LogP contribution in [0.5, 0.6) is 0 Å². The van der Waals surface area contributed by atoms with Crippen LogP contribution >= 0.6 is 12.2 Å². The Morgan fingerprint density at radius 1 is 1.03 bits per heavy atom. The predicted molar refractivity (Wildman–Crippen MR) is 119 cm³/mol. The summed E-state index contributed by atoms with van der Waals surface area (Å²) < 4.78 is 7.41. The smallest absolute Gasteiger partial charge is 0.288 e. The van der Waals surface area contributed by atoms with Gasteiger partial charge in [-0.3, -0.25) is 14.6 Å². The zero-order valence-electron chi connectivity index (χ0n) is 17.0. The summed E-state index contributed by atoms with van der Waals surface area (Å²) in [5.41, 5.74) is 2.93. The minimum absolute atomic E-state index is 0.0103. The van der Waals surface area contributed by atoms with Gasteiger partial charge in [0.25, 0.3) is 4.84 Å². The van der Waals surface area contributed by atoms with Crippen molar-refractivity contribution >= 4 is 23.8 Å². The molecule has 30 heavy (non-hydrogen) atoms. The summed E-state index contributed by atoms with van der Waals surface area (Å²) in [5.74, 6) is 0.548. The molecule has 7 nitrogen and oxygen atoms in total. The molecule has 1 aliphatic heterocycles. The summed E-state index contributed by atoms with van der Waals surface area (Å²) >= 11 is 5.35. The van der Waals surface area contributed by atoms with Crippen LogP contribution in [-0.4, -0.2) is 58.2 Å². The SMILES string of the molecule is Cc1ccc(-c2nn(CN3CCN(CC(=O)Nc4ccccc4)CC3)c(=S)o2)cc1. The number of amides is 1. The number of benzene rings is 2. The summed E-state index contributed by atoms with van der Waals surface area (Å²) in [4.78, 5) is 17.0. The van der Waals surface area contributed by atoms with Crippen molar-refractivity contribution in [2.75, 3.05) is 38.0 Å². The van der Waals surface area contributed by atoms with Crippen molar-refractivity contribution in [1.29, 1.82) is 0 Å². The normalized spacial score (nSPS) is 15.2. The van der Waals surface area contributed by atoms with Gasteiger partial charge in [-0.05, 0) is 43.4 Å². The third-order valence-electron chi connectivity index (χ3n) is 5.13. The molecule has 1 amide bonds. The Bertz CT molecular complexity index is 1040. The standard InChI is InChI=1S/C22H25N5O2S/c1-17-7-9-18(10-8-17)21-24-27(22(30)29-21)16-26-13-11-25(12-14-26)15-20(28)23-19-5-3-2-4-6-19/h2-10H,11-16H2,1H3,(H,23,28). The van der Waals surface area contributed by atoms with Gasteiger partial charge in [0.05, 0.1) is 13.2 Å². The number of aromatic nitrogens is 2. The number of para-hydroxylation sites is 1. The molecule has 0 atom stereocenters. The van der Waals surface area contributed by atoms with Crippen LogP contribution in [0.25, 0.3) is 11.5 Å². The zero-order chi connectivity index (χ0) is 20.9. The van der Waals surface area contributed by atoms with Gasteiger partial charge in [0.2, 0.25) is 11.8 Å². The van der Waals surface area contributed by atoms with Gasteiger partial charge < -0.3 is 9.73 Å². The van der Waals surface area contributed by atoms with E-state index in [0.717, 1.165) is 37.4 Å². The zero-order valence-corrected chi connectivity index (χ0v) is 17.8. The van der Waals surface area contributed by atoms with Gasteiger partial charge in [-0.25, -0.2) is 4.68 Å². The van der Waals surface area contributed by atoms with E-state index in [1.54, 1.807) is 4.68 Å². The quantitative estimate of drug-likeness (QED) is 0.613. The van der Waals surface area contributed by atoms with Crippen molar-refractivity contribution in [1.82, 2.24) is 19.6 Å². The maximum atomic E-state index is 12.2. The molecule has 2 heterocycles. The molecule has 1 aliphatic rings. The molecule has 0 unspecified atom stereocenters. The molecule has 8 heteroatoms. The van der Waals surface area contributed by atoms with Crippen LogP contribution in [0.1, 0.15) is 5.56 Å². The Hall–Kier alpha value is -2.81. The first-order chi connectivity index (χ1) is 14.6. The topological polar surface area (TPSA) is 66.5 Å². The fourth-order valence-corrected chi connectivity index (χ4v) is 3.59. The monoisotopic (exact) mass is 423 g/mol. The number of rotatable bonds is 6. The number of carbonyl (C=O) groups is 1. The van der Waals surface area contributed by atoms with Crippen LogP contribution < -0.4 is 5.32 Å². The average Bonchev–Trinajstić information content (AvgIpc) is 3.11. The minimum Gasteiger partial charge on any atom is -0.409 e.